The summed E-state index contributed by atoms with van der Waals surface area (Å²) < 4.78 is 35.2. The maximum absolute atomic E-state index is 11.7. The molecule has 11 heavy (non-hydrogen) atoms. The highest BCUT2D eigenvalue weighted by atomic mass is 19.4. The van der Waals surface area contributed by atoms with Gasteiger partial charge in [0.15, 0.2) is 0 Å². The summed E-state index contributed by atoms with van der Waals surface area (Å²) in [5.41, 5.74) is 0. The molecule has 0 fully saturated rings. The first-order valence-electron chi connectivity index (χ1n) is 3.67. The summed E-state index contributed by atoms with van der Waals surface area (Å²) in [6, 6.07) is 0. The van der Waals surface area contributed by atoms with Crippen molar-refractivity contribution in [3.63, 3.8) is 0 Å². The van der Waals surface area contributed by atoms with Crippen molar-refractivity contribution in [2.24, 2.45) is 5.92 Å². The Kier molecular flexibility index (Phi) is 4.49. The molecule has 0 rings (SSSR count). The molecular formula is C7H13F3O. The van der Waals surface area contributed by atoms with Gasteiger partial charge in [-0.3, -0.25) is 0 Å². The van der Waals surface area contributed by atoms with Crippen molar-refractivity contribution in [1.29, 1.82) is 0 Å². The molecule has 0 aromatic carbocycles. The topological polar surface area (TPSA) is 20.2 Å². The minimum absolute atomic E-state index is 0.158. The molecule has 0 amide bonds. The number of rotatable bonds is 4. The van der Waals surface area contributed by atoms with Crippen molar-refractivity contribution >= 4 is 0 Å². The van der Waals surface area contributed by atoms with Crippen LogP contribution in [0.15, 0.2) is 0 Å². The second kappa shape index (κ2) is 4.59. The van der Waals surface area contributed by atoms with Gasteiger partial charge in [-0.2, -0.15) is 13.2 Å². The second-order valence-electron chi connectivity index (χ2n) is 2.61. The molecule has 1 unspecified atom stereocenters. The van der Waals surface area contributed by atoms with Crippen LogP contribution >= 0.6 is 0 Å². The van der Waals surface area contributed by atoms with E-state index in [1.165, 1.54) is 0 Å². The molecule has 0 bridgehead atoms. The smallest absolute Gasteiger partial charge is 0.389 e. The summed E-state index contributed by atoms with van der Waals surface area (Å²) in [6.45, 7) is 1.54. The van der Waals surface area contributed by atoms with E-state index in [1.54, 1.807) is 6.92 Å². The molecule has 1 atom stereocenters. The Morgan fingerprint density at radius 3 is 2.18 bits per heavy atom. The van der Waals surface area contributed by atoms with E-state index in [9.17, 15) is 13.2 Å². The Morgan fingerprint density at radius 1 is 1.36 bits per heavy atom. The number of aliphatic hydroxyl groups excluding tert-OH is 1. The highest BCUT2D eigenvalue weighted by Gasteiger charge is 2.30. The molecule has 4 heteroatoms. The number of aliphatic hydroxyl groups is 1. The predicted octanol–water partition coefficient (Wildman–Crippen LogP) is 2.35. The lowest BCUT2D eigenvalue weighted by Crippen LogP contribution is -2.15. The summed E-state index contributed by atoms with van der Waals surface area (Å²) in [7, 11) is 0. The fraction of sp³-hybridized carbons (Fsp3) is 1.00. The van der Waals surface area contributed by atoms with Crippen LogP contribution in [0.1, 0.15) is 26.2 Å². The summed E-state index contributed by atoms with van der Waals surface area (Å²) in [4.78, 5) is 0. The van der Waals surface area contributed by atoms with Crippen LogP contribution in [0.3, 0.4) is 0 Å². The minimum atomic E-state index is -4.09. The van der Waals surface area contributed by atoms with E-state index in [4.69, 9.17) is 5.11 Å². The van der Waals surface area contributed by atoms with Crippen molar-refractivity contribution in [3.8, 4) is 0 Å². The van der Waals surface area contributed by atoms with Gasteiger partial charge in [-0.1, -0.05) is 13.3 Å². The molecule has 0 saturated heterocycles. The van der Waals surface area contributed by atoms with E-state index < -0.39 is 18.5 Å². The van der Waals surface area contributed by atoms with Crippen LogP contribution in [0.4, 0.5) is 13.2 Å². The van der Waals surface area contributed by atoms with Crippen molar-refractivity contribution < 1.29 is 18.3 Å². The van der Waals surface area contributed by atoms with Crippen LogP contribution < -0.4 is 0 Å². The van der Waals surface area contributed by atoms with Gasteiger partial charge in [-0.05, 0) is 12.3 Å². The Hall–Kier alpha value is -0.250. The molecule has 0 aliphatic rings. The largest absolute Gasteiger partial charge is 0.396 e. The van der Waals surface area contributed by atoms with Crippen LogP contribution in [-0.4, -0.2) is 17.9 Å². The van der Waals surface area contributed by atoms with E-state index >= 15 is 0 Å². The van der Waals surface area contributed by atoms with Crippen LogP contribution in [0.5, 0.6) is 0 Å². The molecule has 68 valence electrons. The van der Waals surface area contributed by atoms with E-state index in [0.29, 0.717) is 6.42 Å². The van der Waals surface area contributed by atoms with Gasteiger partial charge in [0.1, 0.15) is 0 Å². The summed E-state index contributed by atoms with van der Waals surface area (Å²) in [6.07, 6.45) is -4.14. The zero-order valence-electron chi connectivity index (χ0n) is 6.49. The van der Waals surface area contributed by atoms with Crippen molar-refractivity contribution in [2.45, 2.75) is 32.4 Å². The first-order valence-corrected chi connectivity index (χ1v) is 3.67. The van der Waals surface area contributed by atoms with Gasteiger partial charge in [0, 0.05) is 13.0 Å². The maximum atomic E-state index is 11.7. The number of alkyl halides is 3. The lowest BCUT2D eigenvalue weighted by Gasteiger charge is -2.14. The first-order chi connectivity index (χ1) is 4.99. The maximum Gasteiger partial charge on any atom is 0.389 e. The Morgan fingerprint density at radius 2 is 1.91 bits per heavy atom. The number of hydrogen-bond donors (Lipinski definition) is 1. The fourth-order valence-corrected chi connectivity index (χ4v) is 0.960. The van der Waals surface area contributed by atoms with Crippen molar-refractivity contribution in [3.05, 3.63) is 0 Å². The van der Waals surface area contributed by atoms with Gasteiger partial charge in [-0.25, -0.2) is 0 Å². The van der Waals surface area contributed by atoms with Gasteiger partial charge < -0.3 is 5.11 Å². The molecule has 0 saturated carbocycles. The molecule has 1 nitrogen and oxygen atoms in total. The third kappa shape index (κ3) is 6.16. The van der Waals surface area contributed by atoms with Gasteiger partial charge in [0.25, 0.3) is 0 Å². The van der Waals surface area contributed by atoms with E-state index in [1.807, 2.05) is 0 Å². The first kappa shape index (κ1) is 10.8. The highest BCUT2D eigenvalue weighted by Crippen LogP contribution is 2.27. The lowest BCUT2D eigenvalue weighted by molar-refractivity contribution is -0.145. The van der Waals surface area contributed by atoms with Crippen LogP contribution in [0.25, 0.3) is 0 Å². The Balaban J connectivity index is 3.68. The average Bonchev–Trinajstić information content (AvgIpc) is 1.84. The zero-order valence-corrected chi connectivity index (χ0v) is 6.49. The highest BCUT2D eigenvalue weighted by molar-refractivity contribution is 4.61. The van der Waals surface area contributed by atoms with Crippen molar-refractivity contribution in [2.75, 3.05) is 6.61 Å². The molecule has 0 aromatic rings. The summed E-state index contributed by atoms with van der Waals surface area (Å²) >= 11 is 0. The minimum Gasteiger partial charge on any atom is -0.396 e. The van der Waals surface area contributed by atoms with Crippen LogP contribution in [-0.2, 0) is 0 Å². The lowest BCUT2D eigenvalue weighted by atomic mass is 9.99. The van der Waals surface area contributed by atoms with Gasteiger partial charge >= 0.3 is 6.18 Å². The molecule has 0 aliphatic carbocycles. The third-order valence-electron chi connectivity index (χ3n) is 1.63. The molecule has 0 aliphatic heterocycles. The third-order valence-corrected chi connectivity index (χ3v) is 1.63. The predicted molar refractivity (Wildman–Crippen MR) is 36.2 cm³/mol. The van der Waals surface area contributed by atoms with Gasteiger partial charge in [0.05, 0.1) is 0 Å². The Labute approximate surface area is 64.2 Å². The number of halogens is 3. The molecular weight excluding hydrogens is 157 g/mol. The molecule has 0 aromatic heterocycles. The monoisotopic (exact) mass is 170 g/mol. The zero-order chi connectivity index (χ0) is 8.91. The molecule has 1 N–H and O–H groups in total. The Bertz CT molecular complexity index is 100. The van der Waals surface area contributed by atoms with Crippen molar-refractivity contribution in [1.82, 2.24) is 0 Å². The summed E-state index contributed by atoms with van der Waals surface area (Å²) in [5.74, 6) is -0.417. The average molecular weight is 170 g/mol. The van der Waals surface area contributed by atoms with Gasteiger partial charge in [-0.15, -0.1) is 0 Å². The van der Waals surface area contributed by atoms with Crippen LogP contribution in [0.2, 0.25) is 0 Å². The van der Waals surface area contributed by atoms with Crippen LogP contribution in [0, 0.1) is 5.92 Å². The van der Waals surface area contributed by atoms with E-state index in [0.717, 1.165) is 0 Å². The molecule has 0 heterocycles. The molecule has 0 radical (unpaired) electrons. The summed E-state index contributed by atoms with van der Waals surface area (Å²) in [5, 5.41) is 8.40. The normalized spacial score (nSPS) is 15.0. The van der Waals surface area contributed by atoms with Gasteiger partial charge in [0.2, 0.25) is 0 Å². The molecule has 0 spiro atoms. The SMILES string of the molecule is CCC(CCO)CC(F)(F)F. The second-order valence-corrected chi connectivity index (χ2v) is 2.61. The standard InChI is InChI=1S/C7H13F3O/c1-2-6(3-4-11)5-7(8,9)10/h6,11H,2-5H2,1H3. The van der Waals surface area contributed by atoms with E-state index in [2.05, 4.69) is 0 Å². The quantitative estimate of drug-likeness (QED) is 0.686. The number of hydrogen-bond acceptors (Lipinski definition) is 1. The fourth-order valence-electron chi connectivity index (χ4n) is 0.960. The van der Waals surface area contributed by atoms with E-state index in [-0.39, 0.29) is 13.0 Å².